The van der Waals surface area contributed by atoms with Crippen LogP contribution in [0.1, 0.15) is 30.4 Å². The number of hydrogen-bond donors (Lipinski definition) is 2. The smallest absolute Gasteiger partial charge is 0.128 e. The van der Waals surface area contributed by atoms with Crippen LogP contribution < -0.4 is 5.73 Å². The van der Waals surface area contributed by atoms with Gasteiger partial charge in [0.15, 0.2) is 0 Å². The molecule has 1 atom stereocenters. The molecular weight excluding hydrogens is 263 g/mol. The lowest BCUT2D eigenvalue weighted by molar-refractivity contribution is 0.0832. The first-order valence-electron chi connectivity index (χ1n) is 6.55. The summed E-state index contributed by atoms with van der Waals surface area (Å²) in [6, 6.07) is 5.00. The van der Waals surface area contributed by atoms with E-state index in [1.807, 2.05) is 0 Å². The van der Waals surface area contributed by atoms with E-state index in [2.05, 4.69) is 4.90 Å². The van der Waals surface area contributed by atoms with E-state index in [0.717, 1.165) is 25.8 Å². The molecule has 0 spiro atoms. The second-order valence-electron chi connectivity index (χ2n) is 4.97. The maximum atomic E-state index is 14.0. The van der Waals surface area contributed by atoms with Crippen molar-refractivity contribution in [2.45, 2.75) is 31.8 Å². The van der Waals surface area contributed by atoms with E-state index in [1.165, 1.54) is 6.07 Å². The minimum atomic E-state index is -0.285. The highest BCUT2D eigenvalue weighted by Gasteiger charge is 2.22. The molecule has 1 fully saturated rings. The molecule has 0 aliphatic carbocycles. The average molecular weight is 282 g/mol. The summed E-state index contributed by atoms with van der Waals surface area (Å²) in [7, 11) is 0. The maximum Gasteiger partial charge on any atom is 0.128 e. The summed E-state index contributed by atoms with van der Waals surface area (Å²) in [4.78, 5) is 2.35. The minimum absolute atomic E-state index is 0.132. The van der Waals surface area contributed by atoms with E-state index in [-0.39, 0.29) is 23.5 Å². The highest BCUT2D eigenvalue weighted by Crippen LogP contribution is 2.21. The highest BCUT2D eigenvalue weighted by molar-refractivity contribution is 7.80. The van der Waals surface area contributed by atoms with Gasteiger partial charge in [0.05, 0.1) is 6.61 Å². The van der Waals surface area contributed by atoms with Crippen LogP contribution in [0.25, 0.3) is 0 Å². The van der Waals surface area contributed by atoms with Gasteiger partial charge in [-0.1, -0.05) is 30.8 Å². The van der Waals surface area contributed by atoms with Gasteiger partial charge in [-0.15, -0.1) is 0 Å². The van der Waals surface area contributed by atoms with Crippen LogP contribution in [0.4, 0.5) is 4.39 Å². The van der Waals surface area contributed by atoms with E-state index < -0.39 is 0 Å². The molecule has 2 rings (SSSR count). The second kappa shape index (κ2) is 6.41. The predicted octanol–water partition coefficient (Wildman–Crippen LogP) is 1.81. The molecule has 0 amide bonds. The Kier molecular flexibility index (Phi) is 4.85. The summed E-state index contributed by atoms with van der Waals surface area (Å²) in [5.41, 5.74) is 6.66. The summed E-state index contributed by atoms with van der Waals surface area (Å²) >= 11 is 4.83. The fourth-order valence-corrected chi connectivity index (χ4v) is 2.65. The summed E-state index contributed by atoms with van der Waals surface area (Å²) in [5, 5.41) is 9.36. The second-order valence-corrected chi connectivity index (χ2v) is 5.41. The van der Waals surface area contributed by atoms with Crippen molar-refractivity contribution in [3.63, 3.8) is 0 Å². The Hall–Kier alpha value is -1.04. The van der Waals surface area contributed by atoms with Crippen molar-refractivity contribution in [2.75, 3.05) is 13.2 Å². The van der Waals surface area contributed by atoms with Gasteiger partial charge in [0.1, 0.15) is 10.8 Å². The number of rotatable bonds is 4. The number of likely N-dealkylation sites (tertiary alicyclic amines) is 1. The summed E-state index contributed by atoms with van der Waals surface area (Å²) in [6.07, 6.45) is 3.21. The fourth-order valence-electron chi connectivity index (χ4n) is 2.52. The monoisotopic (exact) mass is 282 g/mol. The number of nitrogens with zero attached hydrogens (tertiary/aromatic N) is 1. The molecule has 3 N–H and O–H groups in total. The number of thiocarbonyl (C=S) groups is 1. The molecule has 19 heavy (non-hydrogen) atoms. The Bertz CT molecular complexity index is 467. The number of nitrogens with two attached hydrogens (primary N) is 1. The number of piperidine rings is 1. The highest BCUT2D eigenvalue weighted by atomic mass is 32.1. The van der Waals surface area contributed by atoms with Crippen LogP contribution in [0.2, 0.25) is 0 Å². The molecule has 104 valence electrons. The molecule has 1 unspecified atom stereocenters. The quantitative estimate of drug-likeness (QED) is 0.827. The van der Waals surface area contributed by atoms with Crippen LogP contribution >= 0.6 is 12.2 Å². The zero-order valence-corrected chi connectivity index (χ0v) is 11.6. The summed E-state index contributed by atoms with van der Waals surface area (Å²) in [6.45, 7) is 1.56. The lowest BCUT2D eigenvalue weighted by Crippen LogP contribution is -2.41. The number of hydrogen-bond acceptors (Lipinski definition) is 3. The normalized spacial score (nSPS) is 20.4. The van der Waals surface area contributed by atoms with Gasteiger partial charge < -0.3 is 10.8 Å². The molecule has 0 aromatic heterocycles. The molecule has 1 aliphatic heterocycles. The lowest BCUT2D eigenvalue weighted by Gasteiger charge is -2.34. The van der Waals surface area contributed by atoms with Crippen molar-refractivity contribution in [3.05, 3.63) is 35.1 Å². The van der Waals surface area contributed by atoms with Crippen molar-refractivity contribution in [1.82, 2.24) is 4.90 Å². The van der Waals surface area contributed by atoms with E-state index in [9.17, 15) is 9.50 Å². The van der Waals surface area contributed by atoms with Gasteiger partial charge in [-0.05, 0) is 25.5 Å². The maximum absolute atomic E-state index is 14.0. The van der Waals surface area contributed by atoms with Gasteiger partial charge in [0.25, 0.3) is 0 Å². The van der Waals surface area contributed by atoms with E-state index in [4.69, 9.17) is 18.0 Å². The molecule has 1 saturated heterocycles. The molecule has 1 heterocycles. The van der Waals surface area contributed by atoms with Crippen molar-refractivity contribution in [3.8, 4) is 0 Å². The Labute approximate surface area is 118 Å². The number of benzene rings is 1. The van der Waals surface area contributed by atoms with Crippen molar-refractivity contribution < 1.29 is 9.50 Å². The van der Waals surface area contributed by atoms with Crippen LogP contribution in [0, 0.1) is 5.82 Å². The van der Waals surface area contributed by atoms with Crippen LogP contribution in [0.3, 0.4) is 0 Å². The molecule has 0 saturated carbocycles. The lowest BCUT2D eigenvalue weighted by atomic mass is 10.0. The standard InChI is InChI=1S/C14H19FN2OS/c15-13-7-10(14(16)19)4-5-11(13)8-17-6-2-1-3-12(17)9-18/h4-5,7,12,18H,1-3,6,8-9H2,(H2,16,19). The Morgan fingerprint density at radius 3 is 2.89 bits per heavy atom. The molecule has 3 nitrogen and oxygen atoms in total. The number of halogens is 1. The minimum Gasteiger partial charge on any atom is -0.395 e. The largest absolute Gasteiger partial charge is 0.395 e. The molecule has 0 radical (unpaired) electrons. The Morgan fingerprint density at radius 1 is 1.47 bits per heavy atom. The van der Waals surface area contributed by atoms with Gasteiger partial charge in [-0.3, -0.25) is 4.90 Å². The van der Waals surface area contributed by atoms with Crippen LogP contribution in [0.5, 0.6) is 0 Å². The molecular formula is C14H19FN2OS. The van der Waals surface area contributed by atoms with Gasteiger partial charge >= 0.3 is 0 Å². The van der Waals surface area contributed by atoms with Crippen LogP contribution in [-0.4, -0.2) is 34.2 Å². The molecule has 1 aromatic carbocycles. The van der Waals surface area contributed by atoms with Crippen LogP contribution in [-0.2, 0) is 6.54 Å². The van der Waals surface area contributed by atoms with Gasteiger partial charge in [-0.2, -0.15) is 0 Å². The van der Waals surface area contributed by atoms with Gasteiger partial charge in [0, 0.05) is 23.7 Å². The Morgan fingerprint density at radius 2 is 2.26 bits per heavy atom. The van der Waals surface area contributed by atoms with E-state index >= 15 is 0 Å². The number of aliphatic hydroxyl groups excluding tert-OH is 1. The van der Waals surface area contributed by atoms with Gasteiger partial charge in [0.2, 0.25) is 0 Å². The molecule has 0 bridgehead atoms. The first kappa shape index (κ1) is 14.4. The first-order chi connectivity index (χ1) is 9.11. The topological polar surface area (TPSA) is 49.5 Å². The third kappa shape index (κ3) is 3.49. The molecule has 5 heteroatoms. The first-order valence-corrected chi connectivity index (χ1v) is 6.95. The van der Waals surface area contributed by atoms with E-state index in [0.29, 0.717) is 17.7 Å². The predicted molar refractivity (Wildman–Crippen MR) is 77.4 cm³/mol. The zero-order chi connectivity index (χ0) is 13.8. The van der Waals surface area contributed by atoms with Gasteiger partial charge in [-0.25, -0.2) is 4.39 Å². The summed E-state index contributed by atoms with van der Waals surface area (Å²) < 4.78 is 14.0. The van der Waals surface area contributed by atoms with Crippen molar-refractivity contribution >= 4 is 17.2 Å². The third-order valence-corrected chi connectivity index (χ3v) is 3.91. The summed E-state index contributed by atoms with van der Waals surface area (Å²) in [5.74, 6) is -0.285. The number of aliphatic hydroxyl groups is 1. The van der Waals surface area contributed by atoms with Crippen LogP contribution in [0.15, 0.2) is 18.2 Å². The third-order valence-electron chi connectivity index (χ3n) is 3.67. The SMILES string of the molecule is NC(=S)c1ccc(CN2CCCCC2CO)c(F)c1. The average Bonchev–Trinajstić information content (AvgIpc) is 2.41. The Balaban J connectivity index is 2.11. The molecule has 1 aliphatic rings. The van der Waals surface area contributed by atoms with E-state index in [1.54, 1.807) is 12.1 Å². The van der Waals surface area contributed by atoms with Crippen molar-refractivity contribution in [1.29, 1.82) is 0 Å². The molecule has 1 aromatic rings. The zero-order valence-electron chi connectivity index (χ0n) is 10.8. The van der Waals surface area contributed by atoms with Crippen molar-refractivity contribution in [2.24, 2.45) is 5.73 Å². The fraction of sp³-hybridized carbons (Fsp3) is 0.500.